The molecule has 1 aromatic carbocycles. The Kier molecular flexibility index (Phi) is 5.62. The molecule has 0 bridgehead atoms. The van der Waals surface area contributed by atoms with Gasteiger partial charge in [-0.05, 0) is 38.4 Å². The van der Waals surface area contributed by atoms with Gasteiger partial charge in [-0.3, -0.25) is 9.69 Å². The van der Waals surface area contributed by atoms with E-state index in [0.717, 1.165) is 11.3 Å². The fraction of sp³-hybridized carbons (Fsp3) is 0.588. The number of nitrogens with two attached hydrogens (primary N) is 1. The normalized spacial score (nSPS) is 16.7. The molecule has 1 amide bonds. The monoisotopic (exact) mass is 289 g/mol. The van der Waals surface area contributed by atoms with E-state index in [1.54, 1.807) is 0 Å². The Morgan fingerprint density at radius 3 is 2.57 bits per heavy atom. The molecule has 3 N–H and O–H groups in total. The van der Waals surface area contributed by atoms with Crippen LogP contribution in [-0.2, 0) is 4.79 Å². The topological polar surface area (TPSA) is 58.4 Å². The molecular formula is C17H27N3O. The smallest absolute Gasteiger partial charge is 0.238 e. The fourth-order valence-corrected chi connectivity index (χ4v) is 3.09. The van der Waals surface area contributed by atoms with Crippen LogP contribution in [0.15, 0.2) is 18.2 Å². The van der Waals surface area contributed by atoms with Gasteiger partial charge >= 0.3 is 0 Å². The highest BCUT2D eigenvalue weighted by atomic mass is 16.2. The number of amides is 1. The number of carbonyl (C=O) groups is 1. The van der Waals surface area contributed by atoms with Gasteiger partial charge in [0.15, 0.2) is 0 Å². The number of carbonyl (C=O) groups excluding carboxylic acids is 1. The number of hydrogen-bond acceptors (Lipinski definition) is 3. The van der Waals surface area contributed by atoms with E-state index in [4.69, 9.17) is 5.73 Å². The molecule has 4 heteroatoms. The number of nitrogens with zero attached hydrogens (tertiary/aromatic N) is 1. The number of rotatable bonds is 4. The highest BCUT2D eigenvalue weighted by Crippen LogP contribution is 2.23. The van der Waals surface area contributed by atoms with Crippen LogP contribution in [0.2, 0.25) is 0 Å². The van der Waals surface area contributed by atoms with Gasteiger partial charge in [-0.1, -0.05) is 37.8 Å². The summed E-state index contributed by atoms with van der Waals surface area (Å²) in [6.07, 6.45) is 7.63. The summed E-state index contributed by atoms with van der Waals surface area (Å²) >= 11 is 0. The number of hydrogen-bond donors (Lipinski definition) is 2. The van der Waals surface area contributed by atoms with E-state index in [-0.39, 0.29) is 5.91 Å². The third-order valence-electron chi connectivity index (χ3n) is 4.41. The summed E-state index contributed by atoms with van der Waals surface area (Å²) in [5, 5.41) is 2.96. The predicted molar refractivity (Wildman–Crippen MR) is 88.3 cm³/mol. The molecule has 0 heterocycles. The number of nitrogen functional groups attached to an aromatic ring is 1. The van der Waals surface area contributed by atoms with Crippen LogP contribution in [0.4, 0.5) is 11.4 Å². The van der Waals surface area contributed by atoms with E-state index < -0.39 is 0 Å². The quantitative estimate of drug-likeness (QED) is 0.661. The van der Waals surface area contributed by atoms with Crippen LogP contribution in [-0.4, -0.2) is 30.4 Å². The van der Waals surface area contributed by atoms with Crippen LogP contribution in [0, 0.1) is 6.92 Å². The van der Waals surface area contributed by atoms with Crippen molar-refractivity contribution in [2.24, 2.45) is 0 Å². The van der Waals surface area contributed by atoms with Gasteiger partial charge in [-0.25, -0.2) is 0 Å². The second-order valence-electron chi connectivity index (χ2n) is 6.15. The summed E-state index contributed by atoms with van der Waals surface area (Å²) in [7, 11) is 2.05. The maximum atomic E-state index is 12.2. The van der Waals surface area contributed by atoms with Crippen molar-refractivity contribution in [2.75, 3.05) is 24.6 Å². The van der Waals surface area contributed by atoms with E-state index in [1.807, 2.05) is 25.1 Å². The molecule has 1 aliphatic carbocycles. The molecule has 0 atom stereocenters. The third-order valence-corrected chi connectivity index (χ3v) is 4.41. The second kappa shape index (κ2) is 7.46. The molecule has 0 saturated heterocycles. The maximum absolute atomic E-state index is 12.2. The number of para-hydroxylation sites is 1. The molecule has 0 unspecified atom stereocenters. The Bertz CT molecular complexity index is 459. The van der Waals surface area contributed by atoms with Crippen molar-refractivity contribution >= 4 is 17.3 Å². The van der Waals surface area contributed by atoms with Crippen LogP contribution in [0.5, 0.6) is 0 Å². The lowest BCUT2D eigenvalue weighted by atomic mass is 10.1. The van der Waals surface area contributed by atoms with Gasteiger partial charge in [0.2, 0.25) is 5.91 Å². The van der Waals surface area contributed by atoms with Crippen LogP contribution in [0.25, 0.3) is 0 Å². The molecule has 0 spiro atoms. The van der Waals surface area contributed by atoms with Gasteiger partial charge in [0.05, 0.1) is 17.9 Å². The standard InChI is InChI=1S/C17H27N3O/c1-13-8-7-11-15(18)17(13)19-16(21)12-20(2)14-9-5-3-4-6-10-14/h7-8,11,14H,3-6,9-10,12,18H2,1-2H3,(H,19,21). The molecule has 116 valence electrons. The highest BCUT2D eigenvalue weighted by Gasteiger charge is 2.19. The molecule has 1 saturated carbocycles. The number of aryl methyl sites for hydroxylation is 1. The number of benzene rings is 1. The van der Waals surface area contributed by atoms with E-state index >= 15 is 0 Å². The van der Waals surface area contributed by atoms with Gasteiger partial charge in [0.1, 0.15) is 0 Å². The van der Waals surface area contributed by atoms with Crippen LogP contribution >= 0.6 is 0 Å². The molecule has 0 aliphatic heterocycles. The molecular weight excluding hydrogens is 262 g/mol. The summed E-state index contributed by atoms with van der Waals surface area (Å²) in [5.74, 6) is 0.0164. The zero-order valence-electron chi connectivity index (χ0n) is 13.2. The molecule has 21 heavy (non-hydrogen) atoms. The molecule has 4 nitrogen and oxygen atoms in total. The van der Waals surface area contributed by atoms with E-state index in [0.29, 0.717) is 18.3 Å². The van der Waals surface area contributed by atoms with Gasteiger partial charge in [0, 0.05) is 6.04 Å². The highest BCUT2D eigenvalue weighted by molar-refractivity contribution is 5.96. The SMILES string of the molecule is Cc1cccc(N)c1NC(=O)CN(C)C1CCCCCC1. The van der Waals surface area contributed by atoms with Crippen molar-refractivity contribution in [1.29, 1.82) is 0 Å². The predicted octanol–water partition coefficient (Wildman–Crippen LogP) is 3.17. The third kappa shape index (κ3) is 4.46. The van der Waals surface area contributed by atoms with Crippen molar-refractivity contribution in [3.8, 4) is 0 Å². The summed E-state index contributed by atoms with van der Waals surface area (Å²) in [6, 6.07) is 6.21. The van der Waals surface area contributed by atoms with Crippen molar-refractivity contribution < 1.29 is 4.79 Å². The Balaban J connectivity index is 1.91. The maximum Gasteiger partial charge on any atom is 0.238 e. The minimum absolute atomic E-state index is 0.0164. The lowest BCUT2D eigenvalue weighted by Gasteiger charge is -2.26. The Morgan fingerprint density at radius 2 is 1.95 bits per heavy atom. The van der Waals surface area contributed by atoms with Crippen molar-refractivity contribution in [1.82, 2.24) is 4.90 Å². The van der Waals surface area contributed by atoms with Crippen molar-refractivity contribution in [3.63, 3.8) is 0 Å². The van der Waals surface area contributed by atoms with Crippen molar-refractivity contribution in [2.45, 2.75) is 51.5 Å². The minimum Gasteiger partial charge on any atom is -0.397 e. The largest absolute Gasteiger partial charge is 0.397 e. The summed E-state index contributed by atoms with van der Waals surface area (Å²) in [6.45, 7) is 2.39. The first-order chi connectivity index (χ1) is 10.1. The fourth-order valence-electron chi connectivity index (χ4n) is 3.09. The van der Waals surface area contributed by atoms with Gasteiger partial charge < -0.3 is 11.1 Å². The van der Waals surface area contributed by atoms with Crippen LogP contribution in [0.3, 0.4) is 0 Å². The average molecular weight is 289 g/mol. The molecule has 1 aliphatic rings. The van der Waals surface area contributed by atoms with Crippen LogP contribution in [0.1, 0.15) is 44.1 Å². The molecule has 0 aromatic heterocycles. The first-order valence-corrected chi connectivity index (χ1v) is 7.93. The molecule has 1 fully saturated rings. The van der Waals surface area contributed by atoms with Gasteiger partial charge in [-0.15, -0.1) is 0 Å². The van der Waals surface area contributed by atoms with E-state index in [9.17, 15) is 4.79 Å². The molecule has 0 radical (unpaired) electrons. The molecule has 2 rings (SSSR count). The zero-order valence-corrected chi connectivity index (χ0v) is 13.2. The van der Waals surface area contributed by atoms with Gasteiger partial charge in [0.25, 0.3) is 0 Å². The second-order valence-corrected chi connectivity index (χ2v) is 6.15. The number of nitrogens with one attached hydrogen (secondary N) is 1. The Labute approximate surface area is 127 Å². The summed E-state index contributed by atoms with van der Waals surface area (Å²) in [5.41, 5.74) is 8.31. The number of anilines is 2. The summed E-state index contributed by atoms with van der Waals surface area (Å²) < 4.78 is 0. The minimum atomic E-state index is 0.0164. The summed E-state index contributed by atoms with van der Waals surface area (Å²) in [4.78, 5) is 14.4. The first kappa shape index (κ1) is 15.8. The Hall–Kier alpha value is -1.55. The number of likely N-dealkylation sites (N-methyl/N-ethyl adjacent to an activating group) is 1. The lowest BCUT2D eigenvalue weighted by molar-refractivity contribution is -0.117. The van der Waals surface area contributed by atoms with E-state index in [1.165, 1.54) is 38.5 Å². The van der Waals surface area contributed by atoms with Crippen molar-refractivity contribution in [3.05, 3.63) is 23.8 Å². The van der Waals surface area contributed by atoms with Crippen LogP contribution < -0.4 is 11.1 Å². The van der Waals surface area contributed by atoms with E-state index in [2.05, 4.69) is 17.3 Å². The molecule has 1 aromatic rings. The van der Waals surface area contributed by atoms with Gasteiger partial charge in [-0.2, -0.15) is 0 Å². The lowest BCUT2D eigenvalue weighted by Crippen LogP contribution is -2.38. The first-order valence-electron chi connectivity index (χ1n) is 7.93. The zero-order chi connectivity index (χ0) is 15.2. The average Bonchev–Trinajstić information content (AvgIpc) is 2.72. The Morgan fingerprint density at radius 1 is 1.29 bits per heavy atom.